The van der Waals surface area contributed by atoms with Crippen LogP contribution >= 0.6 is 15.8 Å². The van der Waals surface area contributed by atoms with Crippen LogP contribution in [0.4, 0.5) is 0 Å². The van der Waals surface area contributed by atoms with Crippen LogP contribution in [-0.2, 0) is 9.59 Å². The van der Waals surface area contributed by atoms with Gasteiger partial charge in [0, 0.05) is 24.9 Å². The monoisotopic (exact) mass is 624 g/mol. The molecule has 0 aliphatic rings. The van der Waals surface area contributed by atoms with E-state index in [1.807, 2.05) is 24.3 Å². The van der Waals surface area contributed by atoms with Crippen molar-refractivity contribution < 1.29 is 9.59 Å². The van der Waals surface area contributed by atoms with Gasteiger partial charge in [0.15, 0.2) is 0 Å². The van der Waals surface area contributed by atoms with Crippen LogP contribution < -0.4 is 31.9 Å². The highest BCUT2D eigenvalue weighted by Crippen LogP contribution is 2.36. The van der Waals surface area contributed by atoms with Crippen LogP contribution in [-0.4, -0.2) is 36.2 Å². The second kappa shape index (κ2) is 17.2. The van der Waals surface area contributed by atoms with Crippen LogP contribution in [0.2, 0.25) is 0 Å². The van der Waals surface area contributed by atoms with Crippen molar-refractivity contribution in [2.45, 2.75) is 52.6 Å². The fourth-order valence-electron chi connectivity index (χ4n) is 5.18. The van der Waals surface area contributed by atoms with Gasteiger partial charge in [0.1, 0.15) is 0 Å². The van der Waals surface area contributed by atoms with Crippen molar-refractivity contribution in [3.63, 3.8) is 0 Å². The van der Waals surface area contributed by atoms with E-state index in [1.54, 1.807) is 0 Å². The molecule has 0 heterocycles. The predicted octanol–water partition coefficient (Wildman–Crippen LogP) is 6.31. The first-order valence-electron chi connectivity index (χ1n) is 15.7. The van der Waals surface area contributed by atoms with Crippen LogP contribution in [0.25, 0.3) is 0 Å². The molecule has 0 radical (unpaired) electrons. The van der Waals surface area contributed by atoms with Crippen molar-refractivity contribution in [3.05, 3.63) is 121 Å². The third kappa shape index (κ3) is 10.1. The lowest BCUT2D eigenvalue weighted by Crippen LogP contribution is -2.44. The van der Waals surface area contributed by atoms with Crippen molar-refractivity contribution in [2.24, 2.45) is 11.8 Å². The molecule has 6 heteroatoms. The number of carbonyl (C=O) groups excluding carboxylic acids is 2. The van der Waals surface area contributed by atoms with E-state index >= 15 is 0 Å². The first kappa shape index (κ1) is 33.6. The Morgan fingerprint density at radius 3 is 0.955 bits per heavy atom. The van der Waals surface area contributed by atoms with Crippen molar-refractivity contribution in [1.82, 2.24) is 10.6 Å². The number of amides is 2. The molecular formula is C38H46N2O2P2. The topological polar surface area (TPSA) is 58.2 Å². The maximum absolute atomic E-state index is 13.2. The van der Waals surface area contributed by atoms with E-state index in [1.165, 1.54) is 21.2 Å². The Morgan fingerprint density at radius 1 is 0.477 bits per heavy atom. The third-order valence-corrected chi connectivity index (χ3v) is 13.1. The molecule has 0 aliphatic carbocycles. The molecule has 2 N–H and O–H groups in total. The maximum Gasteiger partial charge on any atom is 0.220 e. The number of rotatable bonds is 15. The lowest BCUT2D eigenvalue weighted by atomic mass is 10.1. The molecule has 2 atom stereocenters. The van der Waals surface area contributed by atoms with Gasteiger partial charge in [-0.2, -0.15) is 0 Å². The average molecular weight is 625 g/mol. The van der Waals surface area contributed by atoms with Crippen LogP contribution in [0.15, 0.2) is 121 Å². The fourth-order valence-corrected chi connectivity index (χ4v) is 10.6. The molecule has 0 fully saturated rings. The highest BCUT2D eigenvalue weighted by molar-refractivity contribution is 7.73. The second-order valence-electron chi connectivity index (χ2n) is 11.9. The summed E-state index contributed by atoms with van der Waals surface area (Å²) in [5.41, 5.74) is 0. The SMILES string of the molecule is CC(C)[C@@H](CP(c1ccccc1)c1ccccc1)NC(=O)CCC(=O)N[C@H](CP(c1ccccc1)c1ccccc1)C(C)C. The van der Waals surface area contributed by atoms with Gasteiger partial charge in [0.25, 0.3) is 0 Å². The number of hydrogen-bond donors (Lipinski definition) is 2. The number of carbonyl (C=O) groups is 2. The molecule has 0 saturated carbocycles. The summed E-state index contributed by atoms with van der Waals surface area (Å²) in [6, 6.07) is 42.4. The van der Waals surface area contributed by atoms with E-state index < -0.39 is 15.8 Å². The zero-order valence-electron chi connectivity index (χ0n) is 26.4. The second-order valence-corrected chi connectivity index (χ2v) is 16.4. The Labute approximate surface area is 266 Å². The standard InChI is InChI=1S/C38H46N2O2P2/c1-29(2)35(27-43(31-17-9-5-10-18-31)32-19-11-6-12-20-32)39-37(41)25-26-38(42)40-36(30(3)4)28-44(33-21-13-7-14-22-33)34-23-15-8-16-24-34/h5-24,29-30,35-36H,25-28H2,1-4H3,(H,39,41)(H,40,42)/t35-,36-/m1/s1. The summed E-state index contributed by atoms with van der Waals surface area (Å²) in [6.07, 6.45) is 2.08. The van der Waals surface area contributed by atoms with E-state index in [0.29, 0.717) is 0 Å². The molecular weight excluding hydrogens is 578 g/mol. The first-order valence-corrected chi connectivity index (χ1v) is 18.7. The smallest absolute Gasteiger partial charge is 0.220 e. The zero-order chi connectivity index (χ0) is 31.3. The summed E-state index contributed by atoms with van der Waals surface area (Å²) in [6.45, 7) is 8.64. The summed E-state index contributed by atoms with van der Waals surface area (Å²) in [5.74, 6) is 0.412. The van der Waals surface area contributed by atoms with Crippen LogP contribution in [0.1, 0.15) is 40.5 Å². The quantitative estimate of drug-likeness (QED) is 0.152. The summed E-state index contributed by atoms with van der Waals surface area (Å²) in [4.78, 5) is 26.4. The largest absolute Gasteiger partial charge is 0.353 e. The van der Waals surface area contributed by atoms with E-state index in [4.69, 9.17) is 0 Å². The highest BCUT2D eigenvalue weighted by atomic mass is 31.1. The van der Waals surface area contributed by atoms with Crippen LogP contribution in [0.5, 0.6) is 0 Å². The van der Waals surface area contributed by atoms with Gasteiger partial charge in [-0.05, 0) is 61.2 Å². The predicted molar refractivity (Wildman–Crippen MR) is 191 cm³/mol. The van der Waals surface area contributed by atoms with Gasteiger partial charge in [-0.25, -0.2) is 0 Å². The summed E-state index contributed by atoms with van der Waals surface area (Å²) >= 11 is 0. The van der Waals surface area contributed by atoms with Gasteiger partial charge in [-0.15, -0.1) is 0 Å². The normalized spacial score (nSPS) is 12.8. The lowest BCUT2D eigenvalue weighted by molar-refractivity contribution is -0.127. The van der Waals surface area contributed by atoms with Gasteiger partial charge in [-0.3, -0.25) is 9.59 Å². The summed E-state index contributed by atoms with van der Waals surface area (Å²) in [7, 11) is -1.27. The Kier molecular flexibility index (Phi) is 13.2. The van der Waals surface area contributed by atoms with Crippen LogP contribution in [0.3, 0.4) is 0 Å². The molecule has 0 aromatic heterocycles. The van der Waals surface area contributed by atoms with Crippen molar-refractivity contribution in [2.75, 3.05) is 12.3 Å². The molecule has 0 bridgehead atoms. The summed E-state index contributed by atoms with van der Waals surface area (Å²) < 4.78 is 0. The Balaban J connectivity index is 1.37. The molecule has 0 saturated heterocycles. The highest BCUT2D eigenvalue weighted by Gasteiger charge is 2.26. The molecule has 4 nitrogen and oxygen atoms in total. The zero-order valence-corrected chi connectivity index (χ0v) is 28.2. The van der Waals surface area contributed by atoms with Crippen LogP contribution in [0, 0.1) is 11.8 Å². The van der Waals surface area contributed by atoms with E-state index in [9.17, 15) is 9.59 Å². The summed E-state index contributed by atoms with van der Waals surface area (Å²) in [5, 5.41) is 11.8. The van der Waals surface area contributed by atoms with E-state index in [0.717, 1.165) is 12.3 Å². The number of benzene rings is 4. The molecule has 0 spiro atoms. The van der Waals surface area contributed by atoms with Crippen molar-refractivity contribution >= 4 is 48.9 Å². The third-order valence-electron chi connectivity index (χ3n) is 7.91. The minimum absolute atomic E-state index is 0.0146. The molecule has 0 aliphatic heterocycles. The van der Waals surface area contributed by atoms with Crippen molar-refractivity contribution in [1.29, 1.82) is 0 Å². The molecule has 44 heavy (non-hydrogen) atoms. The van der Waals surface area contributed by atoms with Gasteiger partial charge in [0.05, 0.1) is 0 Å². The van der Waals surface area contributed by atoms with Gasteiger partial charge >= 0.3 is 0 Å². The maximum atomic E-state index is 13.2. The Morgan fingerprint density at radius 2 is 0.727 bits per heavy atom. The molecule has 4 rings (SSSR count). The fraction of sp³-hybridized carbons (Fsp3) is 0.316. The number of nitrogens with one attached hydrogen (secondary N) is 2. The molecule has 4 aromatic rings. The van der Waals surface area contributed by atoms with Gasteiger partial charge < -0.3 is 10.6 Å². The van der Waals surface area contributed by atoms with Crippen molar-refractivity contribution in [3.8, 4) is 0 Å². The molecule has 0 unspecified atom stereocenters. The Bertz CT molecular complexity index is 1230. The first-order chi connectivity index (χ1) is 21.3. The molecule has 2 amide bonds. The Hall–Kier alpha value is -3.32. The number of hydrogen-bond acceptors (Lipinski definition) is 2. The lowest BCUT2D eigenvalue weighted by Gasteiger charge is -2.29. The van der Waals surface area contributed by atoms with Gasteiger partial charge in [-0.1, -0.05) is 149 Å². The van der Waals surface area contributed by atoms with Gasteiger partial charge in [0.2, 0.25) is 11.8 Å². The minimum Gasteiger partial charge on any atom is -0.353 e. The molecule has 230 valence electrons. The average Bonchev–Trinajstić information content (AvgIpc) is 3.05. The minimum atomic E-state index is -0.634. The van der Waals surface area contributed by atoms with E-state index in [-0.39, 0.29) is 48.6 Å². The van der Waals surface area contributed by atoms with E-state index in [2.05, 4.69) is 135 Å². The molecule has 4 aromatic carbocycles.